The molecule has 0 unspecified atom stereocenters. The molecule has 0 radical (unpaired) electrons. The zero-order valence-corrected chi connectivity index (χ0v) is 12.7. The Morgan fingerprint density at radius 2 is 2.15 bits per heavy atom. The lowest BCUT2D eigenvalue weighted by atomic mass is 10.1. The van der Waals surface area contributed by atoms with E-state index in [0.717, 1.165) is 16.1 Å². The molecule has 0 bridgehead atoms. The molecular weight excluding hydrogens is 292 g/mol. The number of benzene rings is 1. The number of aliphatic carboxylic acids is 1. The Labute approximate surface area is 127 Å². The number of carboxylic acids is 1. The summed E-state index contributed by atoms with van der Waals surface area (Å²) in [4.78, 5) is 16.5. The van der Waals surface area contributed by atoms with Crippen molar-refractivity contribution in [2.45, 2.75) is 19.4 Å². The molecule has 1 heterocycles. The second-order valence-electron chi connectivity index (χ2n) is 4.32. The van der Waals surface area contributed by atoms with Crippen molar-refractivity contribution in [3.8, 4) is 11.3 Å². The summed E-state index contributed by atoms with van der Waals surface area (Å²) in [6, 6.07) is 9.05. The molecule has 1 aromatic carbocycles. The Morgan fingerprint density at radius 3 is 2.75 bits per heavy atom. The Morgan fingerprint density at radius 1 is 1.45 bits per heavy atom. The first-order valence-electron chi connectivity index (χ1n) is 6.23. The zero-order valence-electron chi connectivity index (χ0n) is 11.0. The monoisotopic (exact) mass is 307 g/mol. The van der Waals surface area contributed by atoms with Gasteiger partial charge >= 0.3 is 0 Å². The van der Waals surface area contributed by atoms with Crippen molar-refractivity contribution in [1.29, 1.82) is 0 Å². The van der Waals surface area contributed by atoms with Gasteiger partial charge in [0.25, 0.3) is 0 Å². The predicted octanol–water partition coefficient (Wildman–Crippen LogP) is 1.97. The fraction of sp³-hybridized carbons (Fsp3) is 0.286. The molecule has 0 spiro atoms. The number of carbonyl (C=O) groups is 1. The van der Waals surface area contributed by atoms with E-state index in [0.29, 0.717) is 17.3 Å². The van der Waals surface area contributed by atoms with Crippen LogP contribution in [0.2, 0.25) is 0 Å². The number of thiol groups is 1. The van der Waals surface area contributed by atoms with E-state index >= 15 is 0 Å². The van der Waals surface area contributed by atoms with Crippen molar-refractivity contribution in [3.05, 3.63) is 35.2 Å². The van der Waals surface area contributed by atoms with Crippen LogP contribution in [0.4, 0.5) is 5.13 Å². The van der Waals surface area contributed by atoms with Crippen molar-refractivity contribution < 1.29 is 9.90 Å². The van der Waals surface area contributed by atoms with Crippen LogP contribution in [0.3, 0.4) is 0 Å². The Bertz CT molecular complexity index is 584. The summed E-state index contributed by atoms with van der Waals surface area (Å²) in [5.41, 5.74) is 1.90. The van der Waals surface area contributed by atoms with Crippen LogP contribution >= 0.6 is 24.0 Å². The molecule has 0 saturated carbocycles. The van der Waals surface area contributed by atoms with Gasteiger partial charge in [-0.05, 0) is 19.1 Å². The molecule has 1 N–H and O–H groups in total. The van der Waals surface area contributed by atoms with E-state index in [1.165, 1.54) is 11.3 Å². The molecular formula is C14H15N2O2S2-. The highest BCUT2D eigenvalue weighted by Crippen LogP contribution is 2.30. The second kappa shape index (κ2) is 6.76. The second-order valence-corrected chi connectivity index (χ2v) is 5.97. The quantitative estimate of drug-likeness (QED) is 0.801. The van der Waals surface area contributed by atoms with Crippen molar-refractivity contribution >= 4 is 35.1 Å². The van der Waals surface area contributed by atoms with E-state index in [-0.39, 0.29) is 0 Å². The molecule has 1 atom stereocenters. The van der Waals surface area contributed by atoms with Gasteiger partial charge in [-0.2, -0.15) is 12.6 Å². The number of aryl methyl sites for hydroxylation is 1. The summed E-state index contributed by atoms with van der Waals surface area (Å²) in [6.07, 6.45) is 0.394. The van der Waals surface area contributed by atoms with Crippen LogP contribution in [0.25, 0.3) is 11.3 Å². The maximum Gasteiger partial charge on any atom is 0.184 e. The molecule has 4 nitrogen and oxygen atoms in total. The number of carbonyl (C=O) groups excluding carboxylic acids is 1. The average molecular weight is 307 g/mol. The number of anilines is 1. The van der Waals surface area contributed by atoms with E-state index in [2.05, 4.69) is 22.9 Å². The molecule has 2 aromatic rings. The van der Waals surface area contributed by atoms with Crippen LogP contribution in [-0.4, -0.2) is 22.7 Å². The van der Waals surface area contributed by atoms with E-state index in [9.17, 15) is 9.90 Å². The minimum absolute atomic E-state index is 0.394. The number of thiazole rings is 1. The first kappa shape index (κ1) is 14.9. The third-order valence-electron chi connectivity index (χ3n) is 2.84. The highest BCUT2D eigenvalue weighted by molar-refractivity contribution is 7.80. The van der Waals surface area contributed by atoms with Crippen molar-refractivity contribution in [3.63, 3.8) is 0 Å². The summed E-state index contributed by atoms with van der Waals surface area (Å²) >= 11 is 5.50. The highest BCUT2D eigenvalue weighted by Gasteiger charge is 2.14. The topological polar surface area (TPSA) is 65.0 Å². The number of hydrogen-bond donors (Lipinski definition) is 2. The van der Waals surface area contributed by atoms with E-state index in [1.54, 1.807) is 0 Å². The summed E-state index contributed by atoms with van der Waals surface area (Å²) in [6.45, 7) is 1.97. The van der Waals surface area contributed by atoms with Crippen LogP contribution in [-0.2, 0) is 4.79 Å². The maximum absolute atomic E-state index is 11.0. The van der Waals surface area contributed by atoms with Crippen molar-refractivity contribution in [1.82, 2.24) is 4.98 Å². The molecule has 0 amide bonds. The standard InChI is InChI=1S/C14H16N2O2S2/c1-9-12(10-5-3-2-4-6-10)16-14(20-9)15-11(7-8-19)13(17)18/h2-6,11,19H,7-8H2,1H3,(H,15,16)(H,17,18)/p-1/t11-/m0/s1. The predicted molar refractivity (Wildman–Crippen MR) is 83.2 cm³/mol. The van der Waals surface area contributed by atoms with Gasteiger partial charge in [0.05, 0.1) is 17.7 Å². The summed E-state index contributed by atoms with van der Waals surface area (Å²) in [7, 11) is 0. The van der Waals surface area contributed by atoms with Crippen molar-refractivity contribution in [2.24, 2.45) is 0 Å². The number of nitrogens with one attached hydrogen (secondary N) is 1. The number of aromatic nitrogens is 1. The van der Waals surface area contributed by atoms with Gasteiger partial charge in [0.1, 0.15) is 0 Å². The van der Waals surface area contributed by atoms with Crippen LogP contribution in [0, 0.1) is 6.92 Å². The number of hydrogen-bond acceptors (Lipinski definition) is 6. The van der Waals surface area contributed by atoms with Gasteiger partial charge in [-0.1, -0.05) is 30.3 Å². The maximum atomic E-state index is 11.0. The SMILES string of the molecule is Cc1sc(N[C@@H](CCS)C(=O)[O-])nc1-c1ccccc1. The molecule has 0 aliphatic heterocycles. The highest BCUT2D eigenvalue weighted by atomic mass is 32.1. The van der Waals surface area contributed by atoms with E-state index in [1.807, 2.05) is 37.3 Å². The number of carboxylic acid groups (broad SMARTS) is 1. The average Bonchev–Trinajstić information content (AvgIpc) is 2.80. The summed E-state index contributed by atoms with van der Waals surface area (Å²) in [5.74, 6) is -0.658. The van der Waals surface area contributed by atoms with E-state index in [4.69, 9.17) is 0 Å². The van der Waals surface area contributed by atoms with Gasteiger partial charge in [-0.25, -0.2) is 4.98 Å². The van der Waals surface area contributed by atoms with Gasteiger partial charge in [-0.3, -0.25) is 0 Å². The molecule has 0 saturated heterocycles. The van der Waals surface area contributed by atoms with Gasteiger partial charge in [0.2, 0.25) is 0 Å². The number of rotatable bonds is 6. The van der Waals surface area contributed by atoms with E-state index < -0.39 is 12.0 Å². The molecule has 0 aliphatic rings. The lowest BCUT2D eigenvalue weighted by molar-refractivity contribution is -0.306. The molecule has 0 aliphatic carbocycles. The molecule has 20 heavy (non-hydrogen) atoms. The molecule has 1 aromatic heterocycles. The first-order chi connectivity index (χ1) is 9.61. The zero-order chi connectivity index (χ0) is 14.5. The van der Waals surface area contributed by atoms with Crippen LogP contribution < -0.4 is 10.4 Å². The van der Waals surface area contributed by atoms with Crippen LogP contribution in [0.1, 0.15) is 11.3 Å². The lowest BCUT2D eigenvalue weighted by Gasteiger charge is -2.17. The third-order valence-corrected chi connectivity index (χ3v) is 4.00. The summed E-state index contributed by atoms with van der Waals surface area (Å²) in [5, 5.41) is 14.5. The Balaban J connectivity index is 2.21. The largest absolute Gasteiger partial charge is 0.548 e. The normalized spacial score (nSPS) is 12.1. The van der Waals surface area contributed by atoms with Gasteiger partial charge in [-0.15, -0.1) is 11.3 Å². The fourth-order valence-corrected chi connectivity index (χ4v) is 3.00. The van der Waals surface area contributed by atoms with Crippen molar-refractivity contribution in [2.75, 3.05) is 11.1 Å². The number of nitrogens with zero attached hydrogens (tertiary/aromatic N) is 1. The van der Waals surface area contributed by atoms with Gasteiger partial charge < -0.3 is 15.2 Å². The van der Waals surface area contributed by atoms with Crippen LogP contribution in [0.5, 0.6) is 0 Å². The smallest absolute Gasteiger partial charge is 0.184 e. The van der Waals surface area contributed by atoms with Gasteiger partial charge in [0, 0.05) is 10.4 Å². The van der Waals surface area contributed by atoms with Crippen LogP contribution in [0.15, 0.2) is 30.3 Å². The molecule has 106 valence electrons. The Kier molecular flexibility index (Phi) is 5.03. The minimum atomic E-state index is -1.13. The Hall–Kier alpha value is -1.53. The summed E-state index contributed by atoms with van der Waals surface area (Å²) < 4.78 is 0. The minimum Gasteiger partial charge on any atom is -0.548 e. The lowest BCUT2D eigenvalue weighted by Crippen LogP contribution is -2.41. The molecule has 0 fully saturated rings. The third kappa shape index (κ3) is 3.52. The fourth-order valence-electron chi connectivity index (χ4n) is 1.85. The first-order valence-corrected chi connectivity index (χ1v) is 7.68. The van der Waals surface area contributed by atoms with Gasteiger partial charge in [0.15, 0.2) is 5.13 Å². The molecule has 6 heteroatoms. The molecule has 2 rings (SSSR count).